The molecule has 1 aliphatic rings. The third-order valence-corrected chi connectivity index (χ3v) is 0.777. The number of hydrogen-bond donors (Lipinski definition) is 1. The van der Waals surface area contributed by atoms with Crippen molar-refractivity contribution in [1.29, 1.82) is 0 Å². The lowest BCUT2D eigenvalue weighted by Crippen LogP contribution is -2.43. The molecule has 0 aromatic heterocycles. The first-order valence-corrected chi connectivity index (χ1v) is 2.30. The van der Waals surface area contributed by atoms with Gasteiger partial charge in [0.1, 0.15) is 5.84 Å². The van der Waals surface area contributed by atoms with Gasteiger partial charge in [-0.25, -0.2) is 5.43 Å². The summed E-state index contributed by atoms with van der Waals surface area (Å²) in [5.41, 5.74) is 5.38. The summed E-state index contributed by atoms with van der Waals surface area (Å²) in [5.74, 6) is -1.29. The summed E-state index contributed by atoms with van der Waals surface area (Å²) in [7, 11) is 0. The minimum Gasteiger partial charge on any atom is -0.262 e. The molecular weight excluding hydrogens is 122 g/mol. The highest BCUT2D eigenvalue weighted by Crippen LogP contribution is 1.83. The van der Waals surface area contributed by atoms with Gasteiger partial charge in [-0.2, -0.15) is 10.4 Å². The van der Waals surface area contributed by atoms with Gasteiger partial charge in [0.2, 0.25) is 0 Å². The Morgan fingerprint density at radius 2 is 2.11 bits per heavy atom. The zero-order valence-electron chi connectivity index (χ0n) is 4.71. The van der Waals surface area contributed by atoms with Gasteiger partial charge in [0.05, 0.1) is 0 Å². The van der Waals surface area contributed by atoms with E-state index in [1.807, 2.05) is 5.43 Å². The minimum absolute atomic E-state index is 0.277. The molecule has 5 heteroatoms. The molecule has 0 saturated carbocycles. The van der Waals surface area contributed by atoms with Crippen LogP contribution in [-0.2, 0) is 9.59 Å². The SMILES string of the molecule is CC1=NC(=O)C(=O)N[N]1. The number of carbonyl (C=O) groups is 2. The molecule has 1 radical (unpaired) electrons. The van der Waals surface area contributed by atoms with E-state index in [0.717, 1.165) is 0 Å². The number of aliphatic imine (C=N–C) groups is 1. The van der Waals surface area contributed by atoms with E-state index in [0.29, 0.717) is 0 Å². The molecule has 5 nitrogen and oxygen atoms in total. The van der Waals surface area contributed by atoms with Gasteiger partial charge >= 0.3 is 11.8 Å². The summed E-state index contributed by atoms with van der Waals surface area (Å²) in [4.78, 5) is 23.9. The second-order valence-corrected chi connectivity index (χ2v) is 1.52. The summed E-state index contributed by atoms with van der Waals surface area (Å²) in [5, 5.41) is 0. The zero-order valence-corrected chi connectivity index (χ0v) is 4.71. The van der Waals surface area contributed by atoms with Crippen LogP contribution in [0.2, 0.25) is 0 Å². The van der Waals surface area contributed by atoms with E-state index < -0.39 is 11.8 Å². The standard InChI is InChI=1S/C4H4N3O2/c1-2-5-3(8)4(9)7-6-2/h1H3,(H,7,9). The fourth-order valence-electron chi connectivity index (χ4n) is 0.402. The number of rotatable bonds is 0. The summed E-state index contributed by atoms with van der Waals surface area (Å²) in [6.45, 7) is 1.53. The average molecular weight is 126 g/mol. The van der Waals surface area contributed by atoms with Gasteiger partial charge in [-0.05, 0) is 6.92 Å². The van der Waals surface area contributed by atoms with Crippen LogP contribution in [0.4, 0.5) is 0 Å². The quantitative estimate of drug-likeness (QED) is 0.404. The molecule has 1 rings (SSSR count). The number of hydrogen-bond acceptors (Lipinski definition) is 2. The van der Waals surface area contributed by atoms with Crippen molar-refractivity contribution in [3.8, 4) is 0 Å². The maximum Gasteiger partial charge on any atom is 0.338 e. The Kier molecular flexibility index (Phi) is 1.18. The second-order valence-electron chi connectivity index (χ2n) is 1.52. The van der Waals surface area contributed by atoms with Crippen molar-refractivity contribution in [2.45, 2.75) is 6.92 Å². The highest BCUT2D eigenvalue weighted by molar-refractivity contribution is 6.38. The molecule has 0 aliphatic carbocycles. The highest BCUT2D eigenvalue weighted by Gasteiger charge is 2.17. The molecular formula is C4H4N3O2. The summed E-state index contributed by atoms with van der Waals surface area (Å²) < 4.78 is 0. The Bertz CT molecular complexity index is 196. The molecule has 0 bridgehead atoms. The summed E-state index contributed by atoms with van der Waals surface area (Å²) >= 11 is 0. The molecule has 9 heavy (non-hydrogen) atoms. The fraction of sp³-hybridized carbons (Fsp3) is 0.250. The van der Waals surface area contributed by atoms with Crippen LogP contribution >= 0.6 is 0 Å². The molecule has 47 valence electrons. The van der Waals surface area contributed by atoms with Crippen molar-refractivity contribution < 1.29 is 9.59 Å². The van der Waals surface area contributed by atoms with Crippen molar-refractivity contribution in [3.05, 3.63) is 0 Å². The Hall–Kier alpha value is -1.39. The van der Waals surface area contributed by atoms with Crippen LogP contribution in [0.1, 0.15) is 6.92 Å². The van der Waals surface area contributed by atoms with E-state index in [9.17, 15) is 9.59 Å². The second kappa shape index (κ2) is 1.85. The molecule has 2 amide bonds. The zero-order chi connectivity index (χ0) is 6.85. The lowest BCUT2D eigenvalue weighted by molar-refractivity contribution is -0.138. The summed E-state index contributed by atoms with van der Waals surface area (Å²) in [6, 6.07) is 0. The topological polar surface area (TPSA) is 72.6 Å². The maximum atomic E-state index is 10.3. The van der Waals surface area contributed by atoms with Crippen LogP contribution < -0.4 is 10.9 Å². The molecule has 0 spiro atoms. The minimum atomic E-state index is -0.789. The van der Waals surface area contributed by atoms with Crippen LogP contribution in [0, 0.1) is 0 Å². The third-order valence-electron chi connectivity index (χ3n) is 0.777. The van der Waals surface area contributed by atoms with Crippen LogP contribution in [0.3, 0.4) is 0 Å². The van der Waals surface area contributed by atoms with Crippen LogP contribution in [0.15, 0.2) is 4.99 Å². The van der Waals surface area contributed by atoms with Gasteiger partial charge < -0.3 is 0 Å². The number of amides is 2. The fourth-order valence-corrected chi connectivity index (χ4v) is 0.402. The molecule has 1 heterocycles. The lowest BCUT2D eigenvalue weighted by Gasteiger charge is -2.05. The maximum absolute atomic E-state index is 10.3. The van der Waals surface area contributed by atoms with Crippen LogP contribution in [0.25, 0.3) is 0 Å². The third kappa shape index (κ3) is 1.04. The van der Waals surface area contributed by atoms with Crippen molar-refractivity contribution in [2.24, 2.45) is 4.99 Å². The number of amidine groups is 1. The van der Waals surface area contributed by atoms with Gasteiger partial charge in [-0.1, -0.05) is 0 Å². The van der Waals surface area contributed by atoms with Gasteiger partial charge in [0, 0.05) is 0 Å². The number of nitrogens with zero attached hydrogens (tertiary/aromatic N) is 2. The Morgan fingerprint density at radius 3 is 2.56 bits per heavy atom. The van der Waals surface area contributed by atoms with Crippen molar-refractivity contribution in [2.75, 3.05) is 0 Å². The van der Waals surface area contributed by atoms with Crippen molar-refractivity contribution in [3.63, 3.8) is 0 Å². The predicted molar refractivity (Wildman–Crippen MR) is 28.4 cm³/mol. The van der Waals surface area contributed by atoms with Crippen molar-refractivity contribution >= 4 is 17.6 Å². The largest absolute Gasteiger partial charge is 0.338 e. The summed E-state index contributed by atoms with van der Waals surface area (Å²) in [6.07, 6.45) is 0. The average Bonchev–Trinajstić information content (AvgIpc) is 1.80. The molecule has 0 fully saturated rings. The molecule has 1 N–H and O–H groups in total. The molecule has 0 aromatic carbocycles. The van der Waals surface area contributed by atoms with Crippen LogP contribution in [0.5, 0.6) is 0 Å². The van der Waals surface area contributed by atoms with Crippen LogP contribution in [-0.4, -0.2) is 17.6 Å². The van der Waals surface area contributed by atoms with E-state index >= 15 is 0 Å². The van der Waals surface area contributed by atoms with Crippen molar-refractivity contribution in [1.82, 2.24) is 10.9 Å². The first kappa shape index (κ1) is 5.74. The van der Waals surface area contributed by atoms with E-state index in [1.54, 1.807) is 0 Å². The molecule has 1 aliphatic heterocycles. The first-order valence-electron chi connectivity index (χ1n) is 2.30. The number of carbonyl (C=O) groups excluding carboxylic acids is 2. The normalized spacial score (nSPS) is 18.1. The van der Waals surface area contributed by atoms with Gasteiger partial charge in [0.25, 0.3) is 0 Å². The predicted octanol–water partition coefficient (Wildman–Crippen LogP) is -1.42. The van der Waals surface area contributed by atoms with Gasteiger partial charge in [-0.3, -0.25) is 9.59 Å². The number of nitrogens with one attached hydrogen (secondary N) is 1. The Labute approximate surface area is 51.1 Å². The van der Waals surface area contributed by atoms with Gasteiger partial charge in [0.15, 0.2) is 0 Å². The smallest absolute Gasteiger partial charge is 0.262 e. The molecule has 0 unspecified atom stereocenters. The first-order chi connectivity index (χ1) is 4.20. The Morgan fingerprint density at radius 1 is 1.44 bits per heavy atom. The van der Waals surface area contributed by atoms with Gasteiger partial charge in [-0.15, -0.1) is 0 Å². The molecule has 0 aromatic rings. The van der Waals surface area contributed by atoms with E-state index in [4.69, 9.17) is 0 Å². The lowest BCUT2D eigenvalue weighted by atomic mass is 10.5. The molecule has 0 saturated heterocycles. The highest BCUT2D eigenvalue weighted by atomic mass is 16.2. The van der Waals surface area contributed by atoms with E-state index in [-0.39, 0.29) is 5.84 Å². The molecule has 0 atom stereocenters. The monoisotopic (exact) mass is 126 g/mol. The van der Waals surface area contributed by atoms with E-state index in [1.165, 1.54) is 6.92 Å². The Balaban J connectivity index is 2.82. The van der Waals surface area contributed by atoms with E-state index in [2.05, 4.69) is 10.4 Å².